The molecule has 1 aromatic rings. The van der Waals surface area contributed by atoms with Gasteiger partial charge in [-0.05, 0) is 18.4 Å². The number of anilines is 1. The first kappa shape index (κ1) is 12.2. The number of hydrogen-bond donors (Lipinski definition) is 1. The Morgan fingerprint density at radius 2 is 2.13 bits per heavy atom. The molecule has 1 N–H and O–H groups in total. The van der Waals surface area contributed by atoms with Crippen molar-refractivity contribution in [2.24, 2.45) is 0 Å². The lowest BCUT2D eigenvalue weighted by Crippen LogP contribution is -2.25. The van der Waals surface area contributed by atoms with Gasteiger partial charge in [-0.3, -0.25) is 4.31 Å². The summed E-state index contributed by atoms with van der Waals surface area (Å²) in [5, 5.41) is 2.47. The van der Waals surface area contributed by atoms with Gasteiger partial charge in [0.2, 0.25) is 0 Å². The molecule has 0 saturated heterocycles. The van der Waals surface area contributed by atoms with Crippen LogP contribution in [0.25, 0.3) is 0 Å². The molecule has 0 aliphatic carbocycles. The number of carbonyl (C=O) groups is 1. The predicted molar refractivity (Wildman–Crippen MR) is 64.3 cm³/mol. The quantitative estimate of drug-likeness (QED) is 0.656. The summed E-state index contributed by atoms with van der Waals surface area (Å²) in [6.45, 7) is 0. The summed E-state index contributed by atoms with van der Waals surface area (Å²) in [5.74, 6) is -0.437. The van der Waals surface area contributed by atoms with Gasteiger partial charge < -0.3 is 5.32 Å². The molecular weight excluding hydrogens is 235 g/mol. The van der Waals surface area contributed by atoms with E-state index in [4.69, 9.17) is 0 Å². The number of halogens is 1. The van der Waals surface area contributed by atoms with Crippen molar-refractivity contribution in [1.29, 1.82) is 0 Å². The highest BCUT2D eigenvalue weighted by Crippen LogP contribution is 2.22. The predicted octanol–water partition coefficient (Wildman–Crippen LogP) is 3.22. The zero-order valence-electron chi connectivity index (χ0n) is 8.36. The first-order chi connectivity index (χ1) is 7.15. The Balaban J connectivity index is 2.62. The molecular formula is C9H11FN2OS2. The summed E-state index contributed by atoms with van der Waals surface area (Å²) in [5.41, 5.74) is 0.191. The molecule has 6 heteroatoms. The number of benzene rings is 1. The molecule has 0 bridgehead atoms. The molecule has 0 spiro atoms. The number of urea groups is 1. The van der Waals surface area contributed by atoms with Gasteiger partial charge in [-0.1, -0.05) is 22.9 Å². The molecule has 82 valence electrons. The number of hydrogen-bond acceptors (Lipinski definition) is 3. The van der Waals surface area contributed by atoms with Gasteiger partial charge in [0.15, 0.2) is 0 Å². The third-order valence-corrected chi connectivity index (χ3v) is 3.24. The van der Waals surface area contributed by atoms with E-state index in [0.717, 1.165) is 0 Å². The van der Waals surface area contributed by atoms with Crippen LogP contribution < -0.4 is 5.32 Å². The molecule has 0 radical (unpaired) electrons. The van der Waals surface area contributed by atoms with Crippen LogP contribution in [0.15, 0.2) is 24.3 Å². The minimum absolute atomic E-state index is 0.191. The van der Waals surface area contributed by atoms with E-state index >= 15 is 0 Å². The molecule has 0 unspecified atom stereocenters. The summed E-state index contributed by atoms with van der Waals surface area (Å²) in [7, 11) is 4.34. The van der Waals surface area contributed by atoms with Crippen LogP contribution in [0.1, 0.15) is 0 Å². The zero-order chi connectivity index (χ0) is 11.3. The van der Waals surface area contributed by atoms with Crippen molar-refractivity contribution in [2.45, 2.75) is 0 Å². The fourth-order valence-electron chi connectivity index (χ4n) is 0.902. The van der Waals surface area contributed by atoms with Gasteiger partial charge in [-0.15, -0.1) is 0 Å². The molecule has 0 fully saturated rings. The van der Waals surface area contributed by atoms with E-state index in [0.29, 0.717) is 0 Å². The molecule has 1 rings (SSSR count). The maximum absolute atomic E-state index is 13.2. The van der Waals surface area contributed by atoms with Crippen LogP contribution in [0.3, 0.4) is 0 Å². The van der Waals surface area contributed by atoms with Crippen molar-refractivity contribution in [1.82, 2.24) is 4.31 Å². The molecule has 0 aliphatic rings. The van der Waals surface area contributed by atoms with E-state index in [2.05, 4.69) is 5.32 Å². The lowest BCUT2D eigenvalue weighted by Gasteiger charge is -2.14. The van der Waals surface area contributed by atoms with Crippen molar-refractivity contribution in [2.75, 3.05) is 18.6 Å². The second kappa shape index (κ2) is 5.87. The standard InChI is InChI=1S/C9H11FN2OS2/c1-12(15-14-2)9(13)11-8-6-4-3-5-7(8)10/h3-6H,1-2H3,(H,11,13). The smallest absolute Gasteiger partial charge is 0.304 e. The van der Waals surface area contributed by atoms with Crippen LogP contribution in [-0.2, 0) is 0 Å². The lowest BCUT2D eigenvalue weighted by molar-refractivity contribution is 0.243. The fourth-order valence-corrected chi connectivity index (χ4v) is 2.11. The molecule has 15 heavy (non-hydrogen) atoms. The summed E-state index contributed by atoms with van der Waals surface area (Å²) in [6.07, 6.45) is 1.86. The Hall–Kier alpha value is -0.880. The average molecular weight is 246 g/mol. The lowest BCUT2D eigenvalue weighted by atomic mass is 10.3. The number of nitrogens with one attached hydrogen (secondary N) is 1. The largest absolute Gasteiger partial charge is 0.332 e. The van der Waals surface area contributed by atoms with Crippen molar-refractivity contribution in [3.8, 4) is 0 Å². The molecule has 0 aromatic heterocycles. The molecule has 0 aliphatic heterocycles. The van der Waals surface area contributed by atoms with E-state index in [1.807, 2.05) is 6.26 Å². The van der Waals surface area contributed by atoms with E-state index < -0.39 is 5.82 Å². The molecule has 0 atom stereocenters. The number of nitrogens with zero attached hydrogens (tertiary/aromatic N) is 1. The van der Waals surface area contributed by atoms with E-state index in [1.165, 1.54) is 38.2 Å². The molecule has 0 saturated carbocycles. The fraction of sp³-hybridized carbons (Fsp3) is 0.222. The minimum atomic E-state index is -0.437. The van der Waals surface area contributed by atoms with Crippen LogP contribution in [0.2, 0.25) is 0 Å². The highest BCUT2D eigenvalue weighted by molar-refractivity contribution is 8.75. The average Bonchev–Trinajstić information content (AvgIpc) is 2.21. The van der Waals surface area contributed by atoms with Gasteiger partial charge in [0.1, 0.15) is 5.82 Å². The third-order valence-electron chi connectivity index (χ3n) is 1.59. The Kier molecular flexibility index (Phi) is 4.77. The van der Waals surface area contributed by atoms with Gasteiger partial charge in [0.05, 0.1) is 5.69 Å². The first-order valence-electron chi connectivity index (χ1n) is 4.15. The zero-order valence-corrected chi connectivity index (χ0v) is 9.99. The van der Waals surface area contributed by atoms with Gasteiger partial charge in [-0.2, -0.15) is 0 Å². The van der Waals surface area contributed by atoms with Gasteiger partial charge in [-0.25, -0.2) is 9.18 Å². The second-order valence-corrected chi connectivity index (χ2v) is 5.13. The van der Waals surface area contributed by atoms with Crippen molar-refractivity contribution in [3.63, 3.8) is 0 Å². The summed E-state index contributed by atoms with van der Waals surface area (Å²) >= 11 is 0. The topological polar surface area (TPSA) is 32.3 Å². The van der Waals surface area contributed by atoms with Crippen molar-refractivity contribution < 1.29 is 9.18 Å². The third kappa shape index (κ3) is 3.64. The highest BCUT2D eigenvalue weighted by Gasteiger charge is 2.10. The number of rotatable bonds is 3. The molecule has 3 nitrogen and oxygen atoms in total. The van der Waals surface area contributed by atoms with Gasteiger partial charge in [0, 0.05) is 18.0 Å². The molecule has 2 amide bonds. The number of amides is 2. The van der Waals surface area contributed by atoms with Gasteiger partial charge in [0.25, 0.3) is 0 Å². The van der Waals surface area contributed by atoms with Crippen LogP contribution in [0.5, 0.6) is 0 Å². The summed E-state index contributed by atoms with van der Waals surface area (Å²) < 4.78 is 14.6. The maximum Gasteiger partial charge on any atom is 0.332 e. The van der Waals surface area contributed by atoms with E-state index in [1.54, 1.807) is 19.2 Å². The number of para-hydroxylation sites is 1. The normalized spacial score (nSPS) is 9.80. The van der Waals surface area contributed by atoms with Crippen molar-refractivity contribution in [3.05, 3.63) is 30.1 Å². The SMILES string of the molecule is CSSN(C)C(=O)Nc1ccccc1F. The van der Waals surface area contributed by atoms with Crippen LogP contribution in [-0.4, -0.2) is 23.6 Å². The Morgan fingerprint density at radius 3 is 2.73 bits per heavy atom. The first-order valence-corrected chi connectivity index (χ1v) is 6.66. The van der Waals surface area contributed by atoms with E-state index in [9.17, 15) is 9.18 Å². The summed E-state index contributed by atoms with van der Waals surface area (Å²) in [4.78, 5) is 11.5. The van der Waals surface area contributed by atoms with Crippen molar-refractivity contribution >= 4 is 33.5 Å². The highest BCUT2D eigenvalue weighted by atomic mass is 33.1. The number of carbonyl (C=O) groups excluding carboxylic acids is 1. The second-order valence-electron chi connectivity index (χ2n) is 2.65. The summed E-state index contributed by atoms with van der Waals surface area (Å²) in [6, 6.07) is 5.72. The Labute approximate surface area is 95.9 Å². The van der Waals surface area contributed by atoms with Crippen LogP contribution >= 0.6 is 21.8 Å². The minimum Gasteiger partial charge on any atom is -0.304 e. The maximum atomic E-state index is 13.2. The molecule has 0 heterocycles. The monoisotopic (exact) mass is 246 g/mol. The van der Waals surface area contributed by atoms with E-state index in [-0.39, 0.29) is 11.7 Å². The molecule has 1 aromatic carbocycles. The van der Waals surface area contributed by atoms with Crippen LogP contribution in [0, 0.1) is 5.82 Å². The Bertz CT molecular complexity index is 349. The van der Waals surface area contributed by atoms with Crippen LogP contribution in [0.4, 0.5) is 14.9 Å². The van der Waals surface area contributed by atoms with Gasteiger partial charge >= 0.3 is 6.03 Å². The Morgan fingerprint density at radius 1 is 1.47 bits per heavy atom.